The van der Waals surface area contributed by atoms with E-state index in [4.69, 9.17) is 10.5 Å². The molecular weight excluding hydrogens is 252 g/mol. The second kappa shape index (κ2) is 4.18. The summed E-state index contributed by atoms with van der Waals surface area (Å²) in [5.74, 6) is 0.567. The highest BCUT2D eigenvalue weighted by molar-refractivity contribution is 6.03. The average Bonchev–Trinajstić information content (AvgIpc) is 2.75. The number of ether oxygens (including phenoxy) is 1. The van der Waals surface area contributed by atoms with Gasteiger partial charge in [-0.3, -0.25) is 4.98 Å². The Kier molecular flexibility index (Phi) is 2.44. The molecule has 5 nitrogen and oxygen atoms in total. The van der Waals surface area contributed by atoms with Crippen molar-refractivity contribution in [3.05, 3.63) is 30.5 Å². The van der Waals surface area contributed by atoms with E-state index in [9.17, 15) is 0 Å². The first-order valence-electron chi connectivity index (χ1n) is 6.82. The molecule has 0 bridgehead atoms. The molecule has 20 heavy (non-hydrogen) atoms. The molecule has 1 aromatic carbocycles. The number of nitrogens with two attached hydrogens (primary N) is 1. The average molecular weight is 268 g/mol. The van der Waals surface area contributed by atoms with Gasteiger partial charge in [-0.1, -0.05) is 18.2 Å². The highest BCUT2D eigenvalue weighted by Gasteiger charge is 2.33. The van der Waals surface area contributed by atoms with E-state index in [1.54, 1.807) is 13.3 Å². The van der Waals surface area contributed by atoms with Crippen LogP contribution in [0.4, 0.5) is 5.95 Å². The predicted octanol–water partition coefficient (Wildman–Crippen LogP) is 2.52. The molecule has 1 saturated carbocycles. The molecule has 0 saturated heterocycles. The van der Waals surface area contributed by atoms with Gasteiger partial charge < -0.3 is 15.0 Å². The van der Waals surface area contributed by atoms with E-state index in [0.29, 0.717) is 18.1 Å². The molecule has 0 amide bonds. The van der Waals surface area contributed by atoms with Crippen molar-refractivity contribution in [1.82, 2.24) is 14.5 Å². The standard InChI is InChI=1S/C15H16N4O/c1-20-10-6-9(7-10)19-14-11-4-2-3-5-12(11)17-8-13(14)18-15(19)16/h2-5,8-10H,6-7H2,1H3,(H2,16,18). The van der Waals surface area contributed by atoms with E-state index in [2.05, 4.69) is 20.6 Å². The van der Waals surface area contributed by atoms with E-state index >= 15 is 0 Å². The number of nitrogen functional groups attached to an aromatic ring is 1. The molecule has 0 unspecified atom stereocenters. The lowest BCUT2D eigenvalue weighted by Crippen LogP contribution is -2.33. The van der Waals surface area contributed by atoms with Crippen LogP contribution in [0.3, 0.4) is 0 Å². The van der Waals surface area contributed by atoms with Crippen molar-refractivity contribution in [2.45, 2.75) is 25.0 Å². The number of nitrogens with zero attached hydrogens (tertiary/aromatic N) is 3. The third-order valence-electron chi connectivity index (χ3n) is 4.22. The minimum absolute atomic E-state index is 0.338. The van der Waals surface area contributed by atoms with Gasteiger partial charge in [-0.25, -0.2) is 4.98 Å². The van der Waals surface area contributed by atoms with Crippen LogP contribution in [-0.4, -0.2) is 27.7 Å². The molecule has 5 heteroatoms. The van der Waals surface area contributed by atoms with Crippen LogP contribution in [0.25, 0.3) is 21.9 Å². The summed E-state index contributed by atoms with van der Waals surface area (Å²) < 4.78 is 7.51. The van der Waals surface area contributed by atoms with Crippen LogP contribution in [0.15, 0.2) is 30.5 Å². The molecule has 3 aromatic rings. The highest BCUT2D eigenvalue weighted by atomic mass is 16.5. The molecular formula is C15H16N4O. The number of benzene rings is 1. The van der Waals surface area contributed by atoms with Gasteiger partial charge in [-0.15, -0.1) is 0 Å². The Morgan fingerprint density at radius 3 is 2.85 bits per heavy atom. The lowest BCUT2D eigenvalue weighted by Gasteiger charge is -2.35. The van der Waals surface area contributed by atoms with Crippen molar-refractivity contribution < 1.29 is 4.74 Å². The van der Waals surface area contributed by atoms with Crippen LogP contribution in [-0.2, 0) is 4.74 Å². The van der Waals surface area contributed by atoms with Gasteiger partial charge in [-0.05, 0) is 18.9 Å². The van der Waals surface area contributed by atoms with Crippen molar-refractivity contribution in [2.24, 2.45) is 0 Å². The normalized spacial score (nSPS) is 22.2. The zero-order chi connectivity index (χ0) is 13.7. The van der Waals surface area contributed by atoms with Crippen molar-refractivity contribution >= 4 is 27.9 Å². The molecule has 102 valence electrons. The summed E-state index contributed by atoms with van der Waals surface area (Å²) in [4.78, 5) is 8.90. The SMILES string of the molecule is COC1CC(n2c(N)nc3cnc4ccccc4c32)C1. The molecule has 0 spiro atoms. The third kappa shape index (κ3) is 1.53. The van der Waals surface area contributed by atoms with Crippen molar-refractivity contribution in [3.63, 3.8) is 0 Å². The first-order valence-corrected chi connectivity index (χ1v) is 6.82. The van der Waals surface area contributed by atoms with Crippen LogP contribution in [0.2, 0.25) is 0 Å². The maximum Gasteiger partial charge on any atom is 0.201 e. The second-order valence-corrected chi connectivity index (χ2v) is 5.33. The number of imidazole rings is 1. The fourth-order valence-corrected chi connectivity index (χ4v) is 3.05. The van der Waals surface area contributed by atoms with E-state index in [-0.39, 0.29) is 0 Å². The Hall–Kier alpha value is -2.14. The van der Waals surface area contributed by atoms with Crippen LogP contribution in [0, 0.1) is 0 Å². The number of hydrogen-bond acceptors (Lipinski definition) is 4. The number of hydrogen-bond donors (Lipinski definition) is 1. The summed E-state index contributed by atoms with van der Waals surface area (Å²) in [6, 6.07) is 8.48. The largest absolute Gasteiger partial charge is 0.381 e. The van der Waals surface area contributed by atoms with E-state index < -0.39 is 0 Å². The summed E-state index contributed by atoms with van der Waals surface area (Å²) in [5.41, 5.74) is 9.05. The topological polar surface area (TPSA) is 66.0 Å². The van der Waals surface area contributed by atoms with Crippen LogP contribution < -0.4 is 5.73 Å². The zero-order valence-electron chi connectivity index (χ0n) is 11.3. The number of rotatable bonds is 2. The van der Waals surface area contributed by atoms with Gasteiger partial charge in [-0.2, -0.15) is 0 Å². The monoisotopic (exact) mass is 268 g/mol. The number of para-hydroxylation sites is 1. The molecule has 1 fully saturated rings. The lowest BCUT2D eigenvalue weighted by molar-refractivity contribution is 0.00803. The molecule has 1 aliphatic rings. The highest BCUT2D eigenvalue weighted by Crippen LogP contribution is 2.39. The quantitative estimate of drug-likeness (QED) is 0.775. The molecule has 4 rings (SSSR count). The molecule has 2 aromatic heterocycles. The van der Waals surface area contributed by atoms with Gasteiger partial charge in [0.1, 0.15) is 5.52 Å². The Morgan fingerprint density at radius 1 is 1.25 bits per heavy atom. The van der Waals surface area contributed by atoms with E-state index in [1.165, 1.54) is 0 Å². The minimum atomic E-state index is 0.338. The summed E-state index contributed by atoms with van der Waals surface area (Å²) >= 11 is 0. The number of methoxy groups -OCH3 is 1. The fourth-order valence-electron chi connectivity index (χ4n) is 3.05. The van der Waals surface area contributed by atoms with Crippen molar-refractivity contribution in [2.75, 3.05) is 12.8 Å². The molecule has 2 N–H and O–H groups in total. The van der Waals surface area contributed by atoms with Crippen molar-refractivity contribution in [1.29, 1.82) is 0 Å². The van der Waals surface area contributed by atoms with Gasteiger partial charge in [0.25, 0.3) is 0 Å². The summed E-state index contributed by atoms with van der Waals surface area (Å²) in [7, 11) is 1.76. The Balaban J connectivity index is 1.95. The summed E-state index contributed by atoms with van der Waals surface area (Å²) in [6.07, 6.45) is 4.12. The maximum atomic E-state index is 6.12. The molecule has 0 atom stereocenters. The molecule has 2 heterocycles. The van der Waals surface area contributed by atoms with Crippen molar-refractivity contribution in [3.8, 4) is 0 Å². The summed E-state index contributed by atoms with van der Waals surface area (Å²) in [5, 5.41) is 1.11. The van der Waals surface area contributed by atoms with Crippen LogP contribution in [0.5, 0.6) is 0 Å². The van der Waals surface area contributed by atoms with Gasteiger partial charge >= 0.3 is 0 Å². The zero-order valence-corrected chi connectivity index (χ0v) is 11.3. The molecule has 1 aliphatic carbocycles. The summed E-state index contributed by atoms with van der Waals surface area (Å²) in [6.45, 7) is 0. The van der Waals surface area contributed by atoms with Crippen LogP contribution >= 0.6 is 0 Å². The minimum Gasteiger partial charge on any atom is -0.381 e. The first-order chi connectivity index (χ1) is 9.78. The fraction of sp³-hybridized carbons (Fsp3) is 0.333. The smallest absolute Gasteiger partial charge is 0.201 e. The number of fused-ring (bicyclic) bond motifs is 3. The third-order valence-corrected chi connectivity index (χ3v) is 4.22. The van der Waals surface area contributed by atoms with Gasteiger partial charge in [0.05, 0.1) is 23.3 Å². The predicted molar refractivity (Wildman–Crippen MR) is 78.5 cm³/mol. The van der Waals surface area contributed by atoms with Gasteiger partial charge in [0.15, 0.2) is 0 Å². The lowest BCUT2D eigenvalue weighted by atomic mass is 9.89. The Labute approximate surface area is 116 Å². The van der Waals surface area contributed by atoms with E-state index in [1.807, 2.05) is 18.2 Å². The number of pyridine rings is 1. The van der Waals surface area contributed by atoms with Crippen LogP contribution in [0.1, 0.15) is 18.9 Å². The number of anilines is 1. The number of aromatic nitrogens is 3. The van der Waals surface area contributed by atoms with Gasteiger partial charge in [0.2, 0.25) is 5.95 Å². The molecule has 0 aliphatic heterocycles. The second-order valence-electron chi connectivity index (χ2n) is 5.33. The van der Waals surface area contributed by atoms with E-state index in [0.717, 1.165) is 34.8 Å². The van der Waals surface area contributed by atoms with Gasteiger partial charge in [0, 0.05) is 18.5 Å². The Bertz CT molecular complexity index is 789. The maximum absolute atomic E-state index is 6.12. The Morgan fingerprint density at radius 2 is 2.05 bits per heavy atom. The first kappa shape index (κ1) is 11.7. The molecule has 0 radical (unpaired) electrons.